The Bertz CT molecular complexity index is 511. The maximum absolute atomic E-state index is 10.8. The molecule has 7 heteroatoms. The Hall–Kier alpha value is -1.60. The second-order valence-electron chi connectivity index (χ2n) is 3.65. The van der Waals surface area contributed by atoms with Crippen molar-refractivity contribution in [2.24, 2.45) is 0 Å². The monoisotopic (exact) mass is 259 g/mol. The summed E-state index contributed by atoms with van der Waals surface area (Å²) in [6.07, 6.45) is 0. The van der Waals surface area contributed by atoms with Gasteiger partial charge in [-0.1, -0.05) is 12.1 Å². The van der Waals surface area contributed by atoms with Crippen molar-refractivity contribution in [3.05, 3.63) is 29.8 Å². The molecule has 0 aliphatic rings. The summed E-state index contributed by atoms with van der Waals surface area (Å²) in [6.45, 7) is 1.82. The summed E-state index contributed by atoms with van der Waals surface area (Å²) in [4.78, 5) is 10.8. The van der Waals surface area contributed by atoms with E-state index in [9.17, 15) is 13.2 Å². The van der Waals surface area contributed by atoms with Gasteiger partial charge in [0, 0.05) is 5.69 Å². The highest BCUT2D eigenvalue weighted by molar-refractivity contribution is 7.85. The molecule has 0 heterocycles. The van der Waals surface area contributed by atoms with Gasteiger partial charge in [-0.3, -0.25) is 4.55 Å². The summed E-state index contributed by atoms with van der Waals surface area (Å²) in [5, 5.41) is 11.4. The molecule has 3 N–H and O–H groups in total. The Kier molecular flexibility index (Phi) is 4.08. The van der Waals surface area contributed by atoms with Gasteiger partial charge in [0.25, 0.3) is 10.1 Å². The van der Waals surface area contributed by atoms with Crippen LogP contribution in [0.5, 0.6) is 0 Å². The molecule has 17 heavy (non-hydrogen) atoms. The molecule has 6 nitrogen and oxygen atoms in total. The molecule has 1 atom stereocenters. The average molecular weight is 259 g/mol. The number of carbonyl (C=O) groups is 1. The fraction of sp³-hybridized carbons (Fsp3) is 0.300. The lowest BCUT2D eigenvalue weighted by Gasteiger charge is -2.14. The third-order valence-electron chi connectivity index (χ3n) is 2.03. The first-order valence-corrected chi connectivity index (χ1v) is 6.40. The minimum absolute atomic E-state index is 0.487. The second-order valence-corrected chi connectivity index (χ2v) is 5.15. The number of carboxylic acid groups (broad SMARTS) is 1. The molecule has 0 unspecified atom stereocenters. The summed E-state index contributed by atoms with van der Waals surface area (Å²) in [6, 6.07) is 5.45. The summed E-state index contributed by atoms with van der Waals surface area (Å²) in [5.41, 5.74) is 1.40. The van der Waals surface area contributed by atoms with E-state index in [1.54, 1.807) is 18.2 Å². The van der Waals surface area contributed by atoms with Gasteiger partial charge in [0.2, 0.25) is 0 Å². The predicted molar refractivity (Wildman–Crippen MR) is 62.6 cm³/mol. The normalized spacial score (nSPS) is 13.1. The fourth-order valence-corrected chi connectivity index (χ4v) is 1.97. The number of aryl methyl sites for hydroxylation is 1. The van der Waals surface area contributed by atoms with E-state index < -0.39 is 27.9 Å². The Morgan fingerprint density at radius 3 is 2.59 bits per heavy atom. The smallest absolute Gasteiger partial charge is 0.327 e. The van der Waals surface area contributed by atoms with Gasteiger partial charge in [-0.2, -0.15) is 8.42 Å². The molecule has 0 bridgehead atoms. The molecule has 94 valence electrons. The fourth-order valence-electron chi connectivity index (χ4n) is 1.32. The second kappa shape index (κ2) is 5.15. The van der Waals surface area contributed by atoms with Crippen molar-refractivity contribution in [1.29, 1.82) is 0 Å². The molecule has 1 rings (SSSR count). The van der Waals surface area contributed by atoms with E-state index in [0.717, 1.165) is 5.56 Å². The first-order chi connectivity index (χ1) is 7.78. The molecule has 0 fully saturated rings. The third-order valence-corrected chi connectivity index (χ3v) is 2.79. The van der Waals surface area contributed by atoms with Crippen molar-refractivity contribution < 1.29 is 22.9 Å². The van der Waals surface area contributed by atoms with Crippen LogP contribution in [0.25, 0.3) is 0 Å². The zero-order valence-electron chi connectivity index (χ0n) is 9.12. The molecular weight excluding hydrogens is 246 g/mol. The van der Waals surface area contributed by atoms with Crippen LogP contribution in [0.3, 0.4) is 0 Å². The lowest BCUT2D eigenvalue weighted by molar-refractivity contribution is -0.137. The van der Waals surface area contributed by atoms with Gasteiger partial charge in [0.05, 0.1) is 0 Å². The van der Waals surface area contributed by atoms with E-state index >= 15 is 0 Å². The minimum atomic E-state index is -4.34. The van der Waals surface area contributed by atoms with Crippen molar-refractivity contribution >= 4 is 21.8 Å². The van der Waals surface area contributed by atoms with Crippen molar-refractivity contribution in [2.45, 2.75) is 13.0 Å². The number of rotatable bonds is 5. The first kappa shape index (κ1) is 13.5. The summed E-state index contributed by atoms with van der Waals surface area (Å²) < 4.78 is 29.9. The molecule has 0 saturated heterocycles. The largest absolute Gasteiger partial charge is 0.480 e. The highest BCUT2D eigenvalue weighted by Crippen LogP contribution is 2.11. The van der Waals surface area contributed by atoms with Crippen LogP contribution < -0.4 is 5.32 Å². The molecule has 0 saturated carbocycles. The van der Waals surface area contributed by atoms with Gasteiger partial charge < -0.3 is 10.4 Å². The zero-order valence-corrected chi connectivity index (χ0v) is 9.94. The van der Waals surface area contributed by atoms with Gasteiger partial charge in [-0.15, -0.1) is 0 Å². The average Bonchev–Trinajstić information content (AvgIpc) is 2.14. The zero-order chi connectivity index (χ0) is 13.1. The number of carboxylic acids is 1. The van der Waals surface area contributed by atoms with Gasteiger partial charge in [-0.05, 0) is 24.6 Å². The van der Waals surface area contributed by atoms with E-state index in [0.29, 0.717) is 5.69 Å². The van der Waals surface area contributed by atoms with Crippen LogP contribution in [0, 0.1) is 6.92 Å². The Labute approximate surface area is 99.0 Å². The third kappa shape index (κ3) is 4.83. The molecule has 1 aromatic rings. The quantitative estimate of drug-likeness (QED) is 0.674. The van der Waals surface area contributed by atoms with E-state index in [1.807, 2.05) is 13.0 Å². The molecule has 0 aliphatic heterocycles. The van der Waals surface area contributed by atoms with Gasteiger partial charge in [0.15, 0.2) is 0 Å². The number of aliphatic carboxylic acids is 1. The van der Waals surface area contributed by atoms with Crippen LogP contribution in [0.2, 0.25) is 0 Å². The Morgan fingerprint density at radius 2 is 2.12 bits per heavy atom. The predicted octanol–water partition coefficient (Wildman–Crippen LogP) is 0.748. The van der Waals surface area contributed by atoms with E-state index in [2.05, 4.69) is 5.32 Å². The van der Waals surface area contributed by atoms with Crippen molar-refractivity contribution in [3.63, 3.8) is 0 Å². The molecular formula is C10H13NO5S. The molecule has 0 aliphatic carbocycles. The lowest BCUT2D eigenvalue weighted by atomic mass is 10.2. The SMILES string of the molecule is Cc1cccc(N[C@@H](CS(=O)(=O)O)C(=O)O)c1. The van der Waals surface area contributed by atoms with Crippen molar-refractivity contribution in [2.75, 3.05) is 11.1 Å². The van der Waals surface area contributed by atoms with Crippen LogP contribution in [-0.2, 0) is 14.9 Å². The van der Waals surface area contributed by atoms with E-state index in [4.69, 9.17) is 9.66 Å². The number of hydrogen-bond acceptors (Lipinski definition) is 4. The maximum Gasteiger partial charge on any atom is 0.327 e. The molecule has 1 aromatic carbocycles. The van der Waals surface area contributed by atoms with Crippen LogP contribution in [-0.4, -0.2) is 35.8 Å². The van der Waals surface area contributed by atoms with Gasteiger partial charge >= 0.3 is 5.97 Å². The van der Waals surface area contributed by atoms with Crippen molar-refractivity contribution in [1.82, 2.24) is 0 Å². The number of nitrogens with one attached hydrogen (secondary N) is 1. The van der Waals surface area contributed by atoms with Gasteiger partial charge in [-0.25, -0.2) is 4.79 Å². The topological polar surface area (TPSA) is 104 Å². The number of benzene rings is 1. The number of anilines is 1. The standard InChI is InChI=1S/C10H13NO5S/c1-7-3-2-4-8(5-7)11-9(10(12)13)6-17(14,15)16/h2-5,9,11H,6H2,1H3,(H,12,13)(H,14,15,16)/t9-/m0/s1. The van der Waals surface area contributed by atoms with Crippen LogP contribution in [0.1, 0.15) is 5.56 Å². The highest BCUT2D eigenvalue weighted by atomic mass is 32.2. The Balaban J connectivity index is 2.84. The molecule has 0 amide bonds. The van der Waals surface area contributed by atoms with Crippen LogP contribution >= 0.6 is 0 Å². The maximum atomic E-state index is 10.8. The van der Waals surface area contributed by atoms with Crippen LogP contribution in [0.4, 0.5) is 5.69 Å². The molecule has 0 radical (unpaired) electrons. The summed E-state index contributed by atoms with van der Waals surface area (Å²) >= 11 is 0. The Morgan fingerprint density at radius 1 is 1.47 bits per heavy atom. The lowest BCUT2D eigenvalue weighted by Crippen LogP contribution is -2.36. The van der Waals surface area contributed by atoms with E-state index in [1.165, 1.54) is 0 Å². The summed E-state index contributed by atoms with van der Waals surface area (Å²) in [7, 11) is -4.34. The number of hydrogen-bond donors (Lipinski definition) is 3. The molecule has 0 aromatic heterocycles. The summed E-state index contributed by atoms with van der Waals surface area (Å²) in [5.74, 6) is -2.22. The van der Waals surface area contributed by atoms with Crippen LogP contribution in [0.15, 0.2) is 24.3 Å². The van der Waals surface area contributed by atoms with Crippen molar-refractivity contribution in [3.8, 4) is 0 Å². The van der Waals surface area contributed by atoms with E-state index in [-0.39, 0.29) is 0 Å². The highest BCUT2D eigenvalue weighted by Gasteiger charge is 2.23. The first-order valence-electron chi connectivity index (χ1n) is 4.79. The molecule has 0 spiro atoms. The van der Waals surface area contributed by atoms with Gasteiger partial charge in [0.1, 0.15) is 11.8 Å². The minimum Gasteiger partial charge on any atom is -0.480 e.